The molecule has 1 amide bonds. The van der Waals surface area contributed by atoms with Crippen molar-refractivity contribution in [2.24, 2.45) is 5.92 Å². The second-order valence-electron chi connectivity index (χ2n) is 7.13. The van der Waals surface area contributed by atoms with Crippen LogP contribution in [0.4, 0.5) is 10.4 Å². The van der Waals surface area contributed by atoms with Gasteiger partial charge in [0.15, 0.2) is 0 Å². The number of benzene rings is 1. The third kappa shape index (κ3) is 4.35. The number of carbonyl (C=O) groups is 1. The molecule has 1 aromatic carbocycles. The van der Waals surface area contributed by atoms with Gasteiger partial charge in [-0.05, 0) is 41.7 Å². The Hall–Kier alpha value is -2.70. The highest BCUT2D eigenvalue weighted by Crippen LogP contribution is 2.25. The number of allylic oxidation sites excluding steroid dienone is 1. The number of nitrogens with zero attached hydrogens (tertiary/aromatic N) is 4. The van der Waals surface area contributed by atoms with E-state index in [-0.39, 0.29) is 17.6 Å². The van der Waals surface area contributed by atoms with Crippen molar-refractivity contribution < 1.29 is 13.6 Å². The lowest BCUT2D eigenvalue weighted by atomic mass is 9.93. The fraction of sp³-hybridized carbons (Fsp3) is 0.450. The first-order valence-electron chi connectivity index (χ1n) is 9.17. The lowest BCUT2D eigenvalue weighted by Gasteiger charge is -2.33. The van der Waals surface area contributed by atoms with E-state index in [1.54, 1.807) is 32.1 Å². The number of hydrogen-bond donors (Lipinski definition) is 0. The first kappa shape index (κ1) is 19.1. The molecular formula is C20H25FN4O2. The Morgan fingerprint density at radius 3 is 2.44 bits per heavy atom. The Kier molecular flexibility index (Phi) is 5.58. The maximum Gasteiger partial charge on any atom is 0.318 e. The molecule has 1 aromatic heterocycles. The zero-order valence-electron chi connectivity index (χ0n) is 16.2. The second kappa shape index (κ2) is 7.90. The topological polar surface area (TPSA) is 62.5 Å². The van der Waals surface area contributed by atoms with E-state index in [0.29, 0.717) is 43.6 Å². The fourth-order valence-corrected chi connectivity index (χ4v) is 3.16. The first-order valence-corrected chi connectivity index (χ1v) is 9.17. The monoisotopic (exact) mass is 372 g/mol. The summed E-state index contributed by atoms with van der Waals surface area (Å²) in [6.45, 7) is 10.0. The summed E-state index contributed by atoms with van der Waals surface area (Å²) in [6.07, 6.45) is 1.68. The van der Waals surface area contributed by atoms with Gasteiger partial charge in [0.25, 0.3) is 0 Å². The molecule has 27 heavy (non-hydrogen) atoms. The molecule has 0 spiro atoms. The molecule has 0 N–H and O–H groups in total. The van der Waals surface area contributed by atoms with Gasteiger partial charge in [0.05, 0.1) is 0 Å². The number of carbonyl (C=O) groups excluding carboxylic acids is 1. The van der Waals surface area contributed by atoms with Gasteiger partial charge in [-0.1, -0.05) is 25.0 Å². The van der Waals surface area contributed by atoms with Crippen molar-refractivity contribution in [2.45, 2.75) is 27.7 Å². The maximum atomic E-state index is 13.6. The molecule has 0 saturated carbocycles. The Labute approximate surface area is 158 Å². The van der Waals surface area contributed by atoms with Crippen LogP contribution in [0, 0.1) is 25.6 Å². The van der Waals surface area contributed by atoms with E-state index in [4.69, 9.17) is 4.42 Å². The molecule has 7 heteroatoms. The van der Waals surface area contributed by atoms with Crippen molar-refractivity contribution in [3.63, 3.8) is 0 Å². The summed E-state index contributed by atoms with van der Waals surface area (Å²) >= 11 is 0. The number of halogens is 1. The molecule has 1 aliphatic heterocycles. The van der Waals surface area contributed by atoms with E-state index in [9.17, 15) is 9.18 Å². The van der Waals surface area contributed by atoms with Crippen molar-refractivity contribution >= 4 is 17.5 Å². The predicted molar refractivity (Wildman–Crippen MR) is 102 cm³/mol. The zero-order chi connectivity index (χ0) is 19.6. The van der Waals surface area contributed by atoms with Gasteiger partial charge in [0.1, 0.15) is 5.82 Å². The smallest absolute Gasteiger partial charge is 0.318 e. The Balaban J connectivity index is 1.71. The molecule has 3 rings (SSSR count). The van der Waals surface area contributed by atoms with E-state index in [0.717, 1.165) is 11.1 Å². The van der Waals surface area contributed by atoms with E-state index < -0.39 is 0 Å². The molecule has 0 radical (unpaired) electrons. The number of anilines is 1. The third-order valence-corrected chi connectivity index (χ3v) is 4.77. The van der Waals surface area contributed by atoms with Crippen LogP contribution in [0.5, 0.6) is 0 Å². The van der Waals surface area contributed by atoms with Crippen molar-refractivity contribution in [3.05, 3.63) is 47.1 Å². The summed E-state index contributed by atoms with van der Waals surface area (Å²) < 4.78 is 19.0. The summed E-state index contributed by atoms with van der Waals surface area (Å²) in [4.78, 5) is 16.6. The van der Waals surface area contributed by atoms with Gasteiger partial charge in [0.2, 0.25) is 11.8 Å². The molecule has 1 saturated heterocycles. The van der Waals surface area contributed by atoms with Gasteiger partial charge < -0.3 is 14.2 Å². The number of aromatic nitrogens is 2. The van der Waals surface area contributed by atoms with Gasteiger partial charge >= 0.3 is 6.01 Å². The van der Waals surface area contributed by atoms with E-state index >= 15 is 0 Å². The van der Waals surface area contributed by atoms with Gasteiger partial charge in [-0.25, -0.2) is 4.39 Å². The van der Waals surface area contributed by atoms with Crippen LogP contribution in [0.1, 0.15) is 30.9 Å². The van der Waals surface area contributed by atoms with Gasteiger partial charge in [0, 0.05) is 39.2 Å². The Bertz CT molecular complexity index is 851. The minimum Gasteiger partial charge on any atom is -0.408 e. The molecule has 1 aliphatic rings. The average Bonchev–Trinajstić information content (AvgIpc) is 3.08. The molecular weight excluding hydrogens is 347 g/mol. The number of aryl methyl sites for hydroxylation is 2. The fourth-order valence-electron chi connectivity index (χ4n) is 3.16. The number of rotatable bonds is 4. The highest BCUT2D eigenvalue weighted by Gasteiger charge is 2.23. The molecule has 144 valence electrons. The molecule has 2 heterocycles. The summed E-state index contributed by atoms with van der Waals surface area (Å²) in [7, 11) is 0. The third-order valence-electron chi connectivity index (χ3n) is 4.77. The molecule has 0 atom stereocenters. The normalized spacial score (nSPS) is 15.6. The average molecular weight is 372 g/mol. The van der Waals surface area contributed by atoms with Crippen LogP contribution < -0.4 is 4.90 Å². The minimum absolute atomic E-state index is 0.0259. The van der Waals surface area contributed by atoms with Crippen LogP contribution in [0.2, 0.25) is 0 Å². The van der Waals surface area contributed by atoms with Gasteiger partial charge in [-0.3, -0.25) is 4.79 Å². The van der Waals surface area contributed by atoms with Gasteiger partial charge in [-0.2, -0.15) is 0 Å². The SMILES string of the molecule is Cc1nnc(N2CCN(C(=O)/C=C(/c3ccc(F)c(C)c3)C(C)C)CC2)o1. The van der Waals surface area contributed by atoms with Crippen LogP contribution >= 0.6 is 0 Å². The molecule has 6 nitrogen and oxygen atoms in total. The van der Waals surface area contributed by atoms with Crippen LogP contribution in [0.25, 0.3) is 5.57 Å². The minimum atomic E-state index is -0.236. The standard InChI is InChI=1S/C20H25FN4O2/c1-13(2)17(16-5-6-18(21)14(3)11-16)12-19(26)24-7-9-25(10-8-24)20-23-22-15(4)27-20/h5-6,11-13H,7-10H2,1-4H3/b17-12+. The quantitative estimate of drug-likeness (QED) is 0.771. The highest BCUT2D eigenvalue weighted by molar-refractivity contribution is 5.95. The second-order valence-corrected chi connectivity index (χ2v) is 7.13. The maximum absolute atomic E-state index is 13.6. The lowest BCUT2D eigenvalue weighted by molar-refractivity contribution is -0.126. The van der Waals surface area contributed by atoms with E-state index in [2.05, 4.69) is 10.2 Å². The Morgan fingerprint density at radius 2 is 1.89 bits per heavy atom. The summed E-state index contributed by atoms with van der Waals surface area (Å²) in [5.74, 6) is 0.423. The largest absolute Gasteiger partial charge is 0.408 e. The number of amides is 1. The summed E-state index contributed by atoms with van der Waals surface area (Å²) in [6, 6.07) is 5.48. The molecule has 0 unspecified atom stereocenters. The highest BCUT2D eigenvalue weighted by atomic mass is 19.1. The number of piperazine rings is 1. The molecule has 1 fully saturated rings. The molecule has 0 aliphatic carbocycles. The molecule has 0 bridgehead atoms. The van der Waals surface area contributed by atoms with E-state index in [1.807, 2.05) is 23.6 Å². The zero-order valence-corrected chi connectivity index (χ0v) is 16.2. The Morgan fingerprint density at radius 1 is 1.19 bits per heavy atom. The van der Waals surface area contributed by atoms with Crippen molar-refractivity contribution in [1.82, 2.24) is 15.1 Å². The van der Waals surface area contributed by atoms with Gasteiger partial charge in [-0.15, -0.1) is 5.10 Å². The summed E-state index contributed by atoms with van der Waals surface area (Å²) in [5, 5.41) is 7.88. The van der Waals surface area contributed by atoms with Crippen molar-refractivity contribution in [2.75, 3.05) is 31.1 Å². The first-order chi connectivity index (χ1) is 12.8. The van der Waals surface area contributed by atoms with Crippen molar-refractivity contribution in [3.8, 4) is 0 Å². The number of hydrogen-bond acceptors (Lipinski definition) is 5. The van der Waals surface area contributed by atoms with Crippen LogP contribution in [-0.4, -0.2) is 47.2 Å². The predicted octanol–water partition coefficient (Wildman–Crippen LogP) is 3.21. The van der Waals surface area contributed by atoms with Crippen LogP contribution in [0.15, 0.2) is 28.7 Å². The van der Waals surface area contributed by atoms with Crippen molar-refractivity contribution in [1.29, 1.82) is 0 Å². The van der Waals surface area contributed by atoms with E-state index in [1.165, 1.54) is 6.07 Å². The molecule has 2 aromatic rings. The van der Waals surface area contributed by atoms with Crippen LogP contribution in [0.3, 0.4) is 0 Å². The van der Waals surface area contributed by atoms with Crippen LogP contribution in [-0.2, 0) is 4.79 Å². The lowest BCUT2D eigenvalue weighted by Crippen LogP contribution is -2.48. The summed E-state index contributed by atoms with van der Waals surface area (Å²) in [5.41, 5.74) is 2.38.